The lowest BCUT2D eigenvalue weighted by Crippen LogP contribution is -2.07. The van der Waals surface area contributed by atoms with Gasteiger partial charge in [0.05, 0.1) is 16.8 Å². The predicted molar refractivity (Wildman–Crippen MR) is 87.6 cm³/mol. The first-order valence-electron chi connectivity index (χ1n) is 7.40. The number of aromatic nitrogens is 2. The van der Waals surface area contributed by atoms with Gasteiger partial charge in [-0.3, -0.25) is 4.79 Å². The first-order chi connectivity index (χ1) is 12.6. The fourth-order valence-electron chi connectivity index (χ4n) is 2.31. The van der Waals surface area contributed by atoms with E-state index in [1.165, 1.54) is 6.20 Å². The molecule has 3 rings (SSSR count). The van der Waals surface area contributed by atoms with Crippen molar-refractivity contribution >= 4 is 11.6 Å². The number of pyridine rings is 1. The molecule has 0 aliphatic rings. The molecule has 2 N–H and O–H groups in total. The number of rotatable bonds is 4. The number of benzene rings is 1. The molecule has 4 nitrogen and oxygen atoms in total. The fourth-order valence-corrected chi connectivity index (χ4v) is 2.42. The molecule has 0 saturated carbocycles. The largest absolute Gasteiger partial charge is 0.474 e. The molecule has 27 heavy (non-hydrogen) atoms. The van der Waals surface area contributed by atoms with E-state index in [0.717, 1.165) is 30.5 Å². The standard InChI is InChI=1S/C17H10ClF5N2O2/c18-16-11(19)1-8(2-12(16)20)7-27-15-4-14(26)10(6-25-15)13-3-9(5-24-13)17(21,22)23/h1-6,24H,7H2,(H,25,26). The lowest BCUT2D eigenvalue weighted by Gasteiger charge is -2.08. The Morgan fingerprint density at radius 3 is 2.22 bits per heavy atom. The van der Waals surface area contributed by atoms with E-state index in [4.69, 9.17) is 16.3 Å². The molecule has 0 aliphatic heterocycles. The van der Waals surface area contributed by atoms with Gasteiger partial charge in [0, 0.05) is 18.5 Å². The molecule has 3 aromatic rings. The highest BCUT2D eigenvalue weighted by atomic mass is 35.5. The van der Waals surface area contributed by atoms with Gasteiger partial charge < -0.3 is 14.7 Å². The van der Waals surface area contributed by atoms with E-state index in [1.807, 2.05) is 0 Å². The van der Waals surface area contributed by atoms with Gasteiger partial charge in [-0.2, -0.15) is 13.2 Å². The number of H-pyrrole nitrogens is 2. The lowest BCUT2D eigenvalue weighted by atomic mass is 10.2. The van der Waals surface area contributed by atoms with Crippen LogP contribution in [0, 0.1) is 11.6 Å². The molecular formula is C17H10ClF5N2O2. The number of aromatic amines is 2. The Balaban J connectivity index is 1.77. The van der Waals surface area contributed by atoms with Gasteiger partial charge in [-0.15, -0.1) is 0 Å². The van der Waals surface area contributed by atoms with Gasteiger partial charge in [0.1, 0.15) is 23.3 Å². The molecule has 1 aromatic carbocycles. The minimum absolute atomic E-state index is 0.0167. The van der Waals surface area contributed by atoms with Gasteiger partial charge in [-0.05, 0) is 23.8 Å². The van der Waals surface area contributed by atoms with E-state index in [-0.39, 0.29) is 29.3 Å². The first kappa shape index (κ1) is 19.0. The van der Waals surface area contributed by atoms with E-state index in [0.29, 0.717) is 0 Å². The highest BCUT2D eigenvalue weighted by Crippen LogP contribution is 2.31. The Kier molecular flexibility index (Phi) is 4.97. The Morgan fingerprint density at radius 1 is 1.00 bits per heavy atom. The zero-order valence-electron chi connectivity index (χ0n) is 13.3. The summed E-state index contributed by atoms with van der Waals surface area (Å²) in [5, 5.41) is -0.638. The topological polar surface area (TPSA) is 57.9 Å². The molecule has 2 heterocycles. The molecule has 0 saturated heterocycles. The van der Waals surface area contributed by atoms with E-state index >= 15 is 0 Å². The molecule has 0 amide bonds. The zero-order valence-corrected chi connectivity index (χ0v) is 14.0. The van der Waals surface area contributed by atoms with Gasteiger partial charge in [0.2, 0.25) is 0 Å². The molecular weight excluding hydrogens is 395 g/mol. The summed E-state index contributed by atoms with van der Waals surface area (Å²) in [6, 6.07) is 3.79. The van der Waals surface area contributed by atoms with E-state index in [1.54, 1.807) is 0 Å². The van der Waals surface area contributed by atoms with Crippen LogP contribution in [0.1, 0.15) is 11.1 Å². The van der Waals surface area contributed by atoms with Crippen LogP contribution in [-0.4, -0.2) is 9.97 Å². The normalized spacial score (nSPS) is 11.6. The van der Waals surface area contributed by atoms with E-state index in [9.17, 15) is 26.7 Å². The number of alkyl halides is 3. The monoisotopic (exact) mass is 404 g/mol. The molecule has 10 heteroatoms. The summed E-state index contributed by atoms with van der Waals surface area (Å²) >= 11 is 5.38. The summed E-state index contributed by atoms with van der Waals surface area (Å²) in [6.45, 7) is -0.263. The van der Waals surface area contributed by atoms with Crippen molar-refractivity contribution in [2.24, 2.45) is 0 Å². The summed E-state index contributed by atoms with van der Waals surface area (Å²) in [6.07, 6.45) is -2.61. The molecule has 0 bridgehead atoms. The highest BCUT2D eigenvalue weighted by Gasteiger charge is 2.31. The second kappa shape index (κ2) is 7.07. The molecule has 0 aliphatic carbocycles. The maximum Gasteiger partial charge on any atom is 0.417 e. The van der Waals surface area contributed by atoms with Crippen molar-refractivity contribution in [1.82, 2.24) is 9.97 Å². The summed E-state index contributed by atoms with van der Waals surface area (Å²) in [5.74, 6) is -1.93. The number of nitrogens with one attached hydrogen (secondary N) is 2. The van der Waals surface area contributed by atoms with Crippen LogP contribution in [0.3, 0.4) is 0 Å². The van der Waals surface area contributed by atoms with Crippen LogP contribution in [-0.2, 0) is 12.8 Å². The Bertz CT molecular complexity index is 1020. The molecule has 0 radical (unpaired) electrons. The highest BCUT2D eigenvalue weighted by molar-refractivity contribution is 6.30. The average molecular weight is 405 g/mol. The molecule has 0 spiro atoms. The number of hydrogen-bond acceptors (Lipinski definition) is 2. The smallest absolute Gasteiger partial charge is 0.417 e. The molecule has 0 fully saturated rings. The van der Waals surface area contributed by atoms with Crippen LogP contribution in [0.2, 0.25) is 5.02 Å². The molecule has 142 valence electrons. The van der Waals surface area contributed by atoms with Gasteiger partial charge in [-0.25, -0.2) is 8.78 Å². The zero-order chi connectivity index (χ0) is 19.8. The van der Waals surface area contributed by atoms with Crippen LogP contribution < -0.4 is 10.2 Å². The Labute approximate surface area is 153 Å². The number of ether oxygens (including phenoxy) is 1. The Morgan fingerprint density at radius 2 is 1.67 bits per heavy atom. The van der Waals surface area contributed by atoms with Crippen molar-refractivity contribution in [3.8, 4) is 17.1 Å². The molecule has 0 unspecified atom stereocenters. The maximum absolute atomic E-state index is 13.4. The number of hydrogen-bond donors (Lipinski definition) is 2. The van der Waals surface area contributed by atoms with Crippen molar-refractivity contribution in [1.29, 1.82) is 0 Å². The minimum atomic E-state index is -4.53. The maximum atomic E-state index is 13.4. The summed E-state index contributed by atoms with van der Waals surface area (Å²) in [4.78, 5) is 17.1. The van der Waals surface area contributed by atoms with Crippen LogP contribution >= 0.6 is 11.6 Å². The quantitative estimate of drug-likeness (QED) is 0.480. The second-order valence-electron chi connectivity index (χ2n) is 5.54. The van der Waals surface area contributed by atoms with Crippen LogP contribution in [0.15, 0.2) is 41.5 Å². The van der Waals surface area contributed by atoms with Crippen molar-refractivity contribution in [3.05, 3.63) is 74.7 Å². The minimum Gasteiger partial charge on any atom is -0.474 e. The van der Waals surface area contributed by atoms with Gasteiger partial charge in [0.15, 0.2) is 11.3 Å². The van der Waals surface area contributed by atoms with Gasteiger partial charge >= 0.3 is 6.18 Å². The van der Waals surface area contributed by atoms with Crippen molar-refractivity contribution in [2.45, 2.75) is 12.8 Å². The third-order valence-electron chi connectivity index (χ3n) is 3.62. The average Bonchev–Trinajstić information content (AvgIpc) is 3.08. The third kappa shape index (κ3) is 4.13. The first-order valence-corrected chi connectivity index (χ1v) is 7.78. The second-order valence-corrected chi connectivity index (χ2v) is 5.92. The lowest BCUT2D eigenvalue weighted by molar-refractivity contribution is -0.137. The number of halogens is 6. The fraction of sp³-hybridized carbons (Fsp3) is 0.118. The van der Waals surface area contributed by atoms with Crippen LogP contribution in [0.25, 0.3) is 11.3 Å². The molecule has 0 atom stereocenters. The third-order valence-corrected chi connectivity index (χ3v) is 3.99. The van der Waals surface area contributed by atoms with Gasteiger partial charge in [-0.1, -0.05) is 11.6 Å². The van der Waals surface area contributed by atoms with Crippen LogP contribution in [0.4, 0.5) is 22.0 Å². The van der Waals surface area contributed by atoms with Crippen LogP contribution in [0.5, 0.6) is 5.88 Å². The predicted octanol–water partition coefficient (Wildman–Crippen LogP) is 4.90. The van der Waals surface area contributed by atoms with Crippen molar-refractivity contribution in [2.75, 3.05) is 0 Å². The SMILES string of the molecule is O=c1cc(OCc2cc(F)c(Cl)c(F)c2)[nH]cc1-c1cc(C(F)(F)F)c[nH]1. The van der Waals surface area contributed by atoms with Gasteiger partial charge in [0.25, 0.3) is 0 Å². The van der Waals surface area contributed by atoms with E-state index < -0.39 is 33.8 Å². The summed E-state index contributed by atoms with van der Waals surface area (Å²) in [5.41, 5.74) is -1.42. The van der Waals surface area contributed by atoms with Crippen molar-refractivity contribution < 1.29 is 26.7 Å². The van der Waals surface area contributed by atoms with E-state index in [2.05, 4.69) is 9.97 Å². The Hall–Kier alpha value is -2.81. The van der Waals surface area contributed by atoms with Crippen molar-refractivity contribution in [3.63, 3.8) is 0 Å². The summed E-state index contributed by atoms with van der Waals surface area (Å²) < 4.78 is 69.9. The summed E-state index contributed by atoms with van der Waals surface area (Å²) in [7, 11) is 0. The molecule has 2 aromatic heterocycles.